The highest BCUT2D eigenvalue weighted by molar-refractivity contribution is 6.38. The van der Waals surface area contributed by atoms with E-state index in [0.29, 0.717) is 28.0 Å². The van der Waals surface area contributed by atoms with Gasteiger partial charge in [0.15, 0.2) is 5.82 Å². The third kappa shape index (κ3) is 4.61. The highest BCUT2D eigenvalue weighted by Crippen LogP contribution is 2.33. The topological polar surface area (TPSA) is 110 Å². The van der Waals surface area contributed by atoms with E-state index in [2.05, 4.69) is 25.6 Å². The summed E-state index contributed by atoms with van der Waals surface area (Å²) >= 11 is 6.46. The van der Waals surface area contributed by atoms with Gasteiger partial charge in [0.1, 0.15) is 11.3 Å². The van der Waals surface area contributed by atoms with Crippen molar-refractivity contribution in [2.45, 2.75) is 25.6 Å². The number of fused-ring (bicyclic) bond motifs is 1. The van der Waals surface area contributed by atoms with Crippen molar-refractivity contribution >= 4 is 40.0 Å². The molecule has 2 aromatic carbocycles. The molecule has 1 amide bonds. The summed E-state index contributed by atoms with van der Waals surface area (Å²) in [6.07, 6.45) is -3.01. The number of rotatable bonds is 6. The van der Waals surface area contributed by atoms with Crippen LogP contribution in [0.3, 0.4) is 0 Å². The standard InChI is InChI=1S/C22H21ClF3N7O2/c1-21(2,22(24,25)26)30-19(34)12-6-5-11(9-16(12)35-4)18-29-20(33(3)32-18)28-15-8-7-14-13(17(15)23)10-27-31-14/h5-10H,1-4H3,(H,27,31)(H,30,34)(H,28,29,32). The Labute approximate surface area is 202 Å². The molecule has 4 rings (SSSR count). The normalized spacial score (nSPS) is 12.1. The Morgan fingerprint density at radius 3 is 2.63 bits per heavy atom. The van der Waals surface area contributed by atoms with Crippen molar-refractivity contribution in [3.8, 4) is 17.1 Å². The molecule has 35 heavy (non-hydrogen) atoms. The van der Waals surface area contributed by atoms with E-state index in [1.807, 2.05) is 11.4 Å². The molecule has 13 heteroatoms. The Balaban J connectivity index is 1.60. The molecule has 0 aliphatic heterocycles. The molecule has 0 aliphatic carbocycles. The second kappa shape index (κ2) is 8.77. The van der Waals surface area contributed by atoms with E-state index < -0.39 is 17.6 Å². The van der Waals surface area contributed by atoms with E-state index in [0.717, 1.165) is 24.8 Å². The number of ether oxygens (including phenoxy) is 1. The minimum atomic E-state index is -4.62. The fraction of sp³-hybridized carbons (Fsp3) is 0.273. The van der Waals surface area contributed by atoms with Crippen LogP contribution in [-0.2, 0) is 7.05 Å². The summed E-state index contributed by atoms with van der Waals surface area (Å²) in [7, 11) is 3.00. The zero-order valence-electron chi connectivity index (χ0n) is 19.1. The molecule has 0 radical (unpaired) electrons. The van der Waals surface area contributed by atoms with Crippen LogP contribution < -0.4 is 15.4 Å². The number of hydrogen-bond donors (Lipinski definition) is 3. The van der Waals surface area contributed by atoms with Crippen LogP contribution in [0.1, 0.15) is 24.2 Å². The van der Waals surface area contributed by atoms with Crippen LogP contribution in [0, 0.1) is 0 Å². The summed E-state index contributed by atoms with van der Waals surface area (Å²) in [5.41, 5.74) is -0.595. The predicted octanol–water partition coefficient (Wildman–Crippen LogP) is 4.83. The first-order valence-electron chi connectivity index (χ1n) is 10.3. The van der Waals surface area contributed by atoms with Crippen molar-refractivity contribution in [3.05, 3.63) is 47.1 Å². The van der Waals surface area contributed by atoms with Gasteiger partial charge in [-0.2, -0.15) is 23.3 Å². The van der Waals surface area contributed by atoms with Gasteiger partial charge in [0.05, 0.1) is 35.1 Å². The zero-order chi connectivity index (χ0) is 25.5. The lowest BCUT2D eigenvalue weighted by Crippen LogP contribution is -2.54. The number of anilines is 2. The van der Waals surface area contributed by atoms with Gasteiger partial charge in [0, 0.05) is 18.0 Å². The molecule has 0 unspecified atom stereocenters. The molecule has 0 bridgehead atoms. The minimum Gasteiger partial charge on any atom is -0.496 e. The van der Waals surface area contributed by atoms with Gasteiger partial charge >= 0.3 is 6.18 Å². The lowest BCUT2D eigenvalue weighted by atomic mass is 10.0. The molecule has 3 N–H and O–H groups in total. The maximum atomic E-state index is 13.2. The SMILES string of the molecule is COc1cc(-c2nc(Nc3ccc4[nH]ncc4c3Cl)n(C)n2)ccc1C(=O)NC(C)(C)C(F)(F)F. The van der Waals surface area contributed by atoms with Crippen LogP contribution in [0.15, 0.2) is 36.5 Å². The van der Waals surface area contributed by atoms with Gasteiger partial charge in [-0.05, 0) is 38.1 Å². The van der Waals surface area contributed by atoms with Gasteiger partial charge in [-0.1, -0.05) is 17.7 Å². The number of aromatic nitrogens is 5. The summed E-state index contributed by atoms with van der Waals surface area (Å²) in [5.74, 6) is -0.154. The number of H-pyrrole nitrogens is 1. The van der Waals surface area contributed by atoms with E-state index in [1.54, 1.807) is 19.3 Å². The van der Waals surface area contributed by atoms with Gasteiger partial charge < -0.3 is 15.4 Å². The van der Waals surface area contributed by atoms with E-state index in [-0.39, 0.29) is 11.3 Å². The third-order valence-corrected chi connectivity index (χ3v) is 5.81. The Hall–Kier alpha value is -3.80. The molecule has 184 valence electrons. The molecule has 9 nitrogen and oxygen atoms in total. The molecule has 2 aromatic heterocycles. The largest absolute Gasteiger partial charge is 0.496 e. The molecule has 0 atom stereocenters. The maximum Gasteiger partial charge on any atom is 0.410 e. The van der Waals surface area contributed by atoms with Crippen molar-refractivity contribution in [1.29, 1.82) is 0 Å². The van der Waals surface area contributed by atoms with Gasteiger partial charge in [-0.25, -0.2) is 4.68 Å². The quantitative estimate of drug-likeness (QED) is 0.345. The fourth-order valence-electron chi connectivity index (χ4n) is 3.26. The second-order valence-corrected chi connectivity index (χ2v) is 8.64. The molecular weight excluding hydrogens is 487 g/mol. The molecule has 0 saturated carbocycles. The van der Waals surface area contributed by atoms with E-state index in [1.165, 1.54) is 30.0 Å². The lowest BCUT2D eigenvalue weighted by Gasteiger charge is -2.29. The number of halogens is 4. The number of nitrogens with zero attached hydrogens (tertiary/aromatic N) is 4. The van der Waals surface area contributed by atoms with Crippen molar-refractivity contribution < 1.29 is 22.7 Å². The number of aromatic amines is 1. The van der Waals surface area contributed by atoms with Crippen LogP contribution in [-0.4, -0.2) is 49.7 Å². The first kappa shape index (κ1) is 24.3. The van der Waals surface area contributed by atoms with E-state index in [4.69, 9.17) is 16.3 Å². The second-order valence-electron chi connectivity index (χ2n) is 8.26. The predicted molar refractivity (Wildman–Crippen MR) is 125 cm³/mol. The summed E-state index contributed by atoms with van der Waals surface area (Å²) < 4.78 is 46.3. The van der Waals surface area contributed by atoms with E-state index >= 15 is 0 Å². The smallest absolute Gasteiger partial charge is 0.410 e. The van der Waals surface area contributed by atoms with Crippen molar-refractivity contribution in [2.75, 3.05) is 12.4 Å². The monoisotopic (exact) mass is 507 g/mol. The molecule has 2 heterocycles. The summed E-state index contributed by atoms with van der Waals surface area (Å²) in [5, 5.41) is 17.5. The van der Waals surface area contributed by atoms with Gasteiger partial charge in [-0.15, -0.1) is 5.10 Å². The number of carbonyl (C=O) groups excluding carboxylic acids is 1. The molecule has 0 saturated heterocycles. The van der Waals surface area contributed by atoms with Gasteiger partial charge in [0.25, 0.3) is 5.91 Å². The van der Waals surface area contributed by atoms with E-state index in [9.17, 15) is 18.0 Å². The number of nitrogens with one attached hydrogen (secondary N) is 3. The van der Waals surface area contributed by atoms with Crippen LogP contribution in [0.4, 0.5) is 24.8 Å². The Morgan fingerprint density at radius 2 is 1.94 bits per heavy atom. The number of benzene rings is 2. The summed E-state index contributed by atoms with van der Waals surface area (Å²) in [6, 6.07) is 7.97. The van der Waals surface area contributed by atoms with Crippen LogP contribution in [0.5, 0.6) is 5.75 Å². The van der Waals surface area contributed by atoms with Gasteiger partial charge in [-0.3, -0.25) is 9.89 Å². The van der Waals surface area contributed by atoms with Crippen LogP contribution in [0.25, 0.3) is 22.3 Å². The Bertz CT molecular complexity index is 1410. The van der Waals surface area contributed by atoms with Crippen LogP contribution in [0.2, 0.25) is 5.02 Å². The molecule has 0 fully saturated rings. The van der Waals surface area contributed by atoms with Crippen LogP contribution >= 0.6 is 11.6 Å². The van der Waals surface area contributed by atoms with Crippen molar-refractivity contribution in [3.63, 3.8) is 0 Å². The minimum absolute atomic E-state index is 0.0527. The number of methoxy groups -OCH3 is 1. The first-order valence-corrected chi connectivity index (χ1v) is 10.7. The highest BCUT2D eigenvalue weighted by atomic mass is 35.5. The molecule has 0 spiro atoms. The lowest BCUT2D eigenvalue weighted by molar-refractivity contribution is -0.182. The highest BCUT2D eigenvalue weighted by Gasteiger charge is 2.48. The third-order valence-electron chi connectivity index (χ3n) is 5.41. The summed E-state index contributed by atoms with van der Waals surface area (Å²) in [4.78, 5) is 17.0. The number of hydrogen-bond acceptors (Lipinski definition) is 6. The zero-order valence-corrected chi connectivity index (χ0v) is 19.8. The molecule has 0 aliphatic rings. The van der Waals surface area contributed by atoms with Gasteiger partial charge in [0.2, 0.25) is 5.95 Å². The first-order chi connectivity index (χ1) is 16.4. The molecular formula is C22H21ClF3N7O2. The molecule has 4 aromatic rings. The maximum absolute atomic E-state index is 13.2. The number of amides is 1. The Kier molecular flexibility index (Phi) is 6.09. The number of aryl methyl sites for hydroxylation is 1. The average molecular weight is 508 g/mol. The fourth-order valence-corrected chi connectivity index (χ4v) is 3.52. The summed E-state index contributed by atoms with van der Waals surface area (Å²) in [6.45, 7) is 1.77. The average Bonchev–Trinajstić information content (AvgIpc) is 3.41. The number of carbonyl (C=O) groups is 1. The van der Waals surface area contributed by atoms with Crippen molar-refractivity contribution in [2.24, 2.45) is 7.05 Å². The number of alkyl halides is 3. The van der Waals surface area contributed by atoms with Crippen molar-refractivity contribution in [1.82, 2.24) is 30.3 Å². The Morgan fingerprint density at radius 1 is 1.20 bits per heavy atom.